The van der Waals surface area contributed by atoms with Gasteiger partial charge in [0.2, 0.25) is 11.8 Å². The number of hydrogen-bond donors (Lipinski definition) is 2. The molecule has 0 radical (unpaired) electrons. The lowest BCUT2D eigenvalue weighted by Gasteiger charge is -2.34. The molecule has 0 aromatic heterocycles. The summed E-state index contributed by atoms with van der Waals surface area (Å²) in [5, 5.41) is 5.41. The van der Waals surface area contributed by atoms with Crippen molar-refractivity contribution in [1.82, 2.24) is 10.6 Å². The number of nitrogens with zero attached hydrogens (tertiary/aromatic N) is 1. The first kappa shape index (κ1) is 24.2. The van der Waals surface area contributed by atoms with Crippen molar-refractivity contribution in [2.45, 2.75) is 51.1 Å². The summed E-state index contributed by atoms with van der Waals surface area (Å²) in [6.45, 7) is 1.38. The van der Waals surface area contributed by atoms with Crippen LogP contribution in [-0.2, 0) is 14.3 Å². The molecule has 0 bridgehead atoms. The smallest absolute Gasteiger partial charge is 0.407 e. The molecular formula is C25H30FN3O4. The molecule has 176 valence electrons. The van der Waals surface area contributed by atoms with E-state index in [1.165, 1.54) is 25.3 Å². The summed E-state index contributed by atoms with van der Waals surface area (Å²) in [6.07, 6.45) is 4.12. The Morgan fingerprint density at radius 3 is 2.39 bits per heavy atom. The van der Waals surface area contributed by atoms with Gasteiger partial charge >= 0.3 is 6.09 Å². The van der Waals surface area contributed by atoms with E-state index < -0.39 is 30.4 Å². The van der Waals surface area contributed by atoms with Crippen molar-refractivity contribution in [3.8, 4) is 0 Å². The third-order valence-corrected chi connectivity index (χ3v) is 5.89. The van der Waals surface area contributed by atoms with Crippen LogP contribution in [0.2, 0.25) is 0 Å². The van der Waals surface area contributed by atoms with Gasteiger partial charge in [0.1, 0.15) is 18.4 Å². The summed E-state index contributed by atoms with van der Waals surface area (Å²) in [6, 6.07) is 11.9. The number of alkyl carbamates (subject to hydrolysis) is 1. The summed E-state index contributed by atoms with van der Waals surface area (Å²) in [4.78, 5) is 39.7. The molecule has 2 N–H and O–H groups in total. The minimum Gasteiger partial charge on any atom is -0.453 e. The zero-order valence-corrected chi connectivity index (χ0v) is 19.0. The van der Waals surface area contributed by atoms with Gasteiger partial charge in [-0.1, -0.05) is 55.7 Å². The molecule has 33 heavy (non-hydrogen) atoms. The van der Waals surface area contributed by atoms with E-state index >= 15 is 0 Å². The monoisotopic (exact) mass is 455 g/mol. The van der Waals surface area contributed by atoms with Crippen molar-refractivity contribution in [3.05, 3.63) is 65.5 Å². The van der Waals surface area contributed by atoms with E-state index in [-0.39, 0.29) is 17.6 Å². The summed E-state index contributed by atoms with van der Waals surface area (Å²) >= 11 is 0. The molecule has 7 nitrogen and oxygen atoms in total. The molecule has 3 rings (SSSR count). The lowest BCUT2D eigenvalue weighted by molar-refractivity contribution is -0.127. The summed E-state index contributed by atoms with van der Waals surface area (Å²) in [5.41, 5.74) is 1.33. The van der Waals surface area contributed by atoms with Crippen LogP contribution in [0.5, 0.6) is 0 Å². The molecule has 0 spiro atoms. The number of amides is 3. The van der Waals surface area contributed by atoms with Gasteiger partial charge in [0.15, 0.2) is 0 Å². The molecule has 1 unspecified atom stereocenters. The number of benzene rings is 2. The van der Waals surface area contributed by atoms with Crippen LogP contribution in [0.4, 0.5) is 14.9 Å². The summed E-state index contributed by atoms with van der Waals surface area (Å²) < 4.78 is 19.5. The van der Waals surface area contributed by atoms with Crippen molar-refractivity contribution in [2.75, 3.05) is 18.6 Å². The Labute approximate surface area is 193 Å². The average molecular weight is 456 g/mol. The van der Waals surface area contributed by atoms with Gasteiger partial charge in [0.05, 0.1) is 12.8 Å². The highest BCUT2D eigenvalue weighted by Gasteiger charge is 2.36. The van der Waals surface area contributed by atoms with Crippen molar-refractivity contribution < 1.29 is 23.5 Å². The lowest BCUT2D eigenvalue weighted by Crippen LogP contribution is -2.50. The van der Waals surface area contributed by atoms with E-state index in [9.17, 15) is 18.8 Å². The number of ether oxygens (including phenoxy) is 1. The molecule has 1 saturated carbocycles. The van der Waals surface area contributed by atoms with Crippen molar-refractivity contribution in [2.24, 2.45) is 0 Å². The minimum atomic E-state index is -1.11. The molecule has 2 aromatic carbocycles. The standard InChI is InChI=1S/C25H30FN3O4/c1-17-10-6-7-13-19(17)23(24(31)28-18-11-4-3-5-12-18)29(21-15-9-8-14-20(21)26)22(30)16-27-25(32)33-2/h6-10,13-15,18,23H,3-5,11-12,16H2,1-2H3,(H,27,32)(H,28,31). The molecule has 1 fully saturated rings. The van der Waals surface area contributed by atoms with Crippen molar-refractivity contribution >= 4 is 23.6 Å². The van der Waals surface area contributed by atoms with Gasteiger partial charge in [-0.15, -0.1) is 0 Å². The minimum absolute atomic E-state index is 0.00327. The number of para-hydroxylation sites is 1. The molecule has 1 aliphatic carbocycles. The molecular weight excluding hydrogens is 425 g/mol. The van der Waals surface area contributed by atoms with Crippen LogP contribution in [0.3, 0.4) is 0 Å². The number of hydrogen-bond acceptors (Lipinski definition) is 4. The molecule has 1 aliphatic rings. The number of carbonyl (C=O) groups is 3. The normalized spacial score (nSPS) is 14.8. The van der Waals surface area contributed by atoms with Gasteiger partial charge in [0.25, 0.3) is 0 Å². The van der Waals surface area contributed by atoms with Crippen LogP contribution in [0.25, 0.3) is 0 Å². The highest BCUT2D eigenvalue weighted by Crippen LogP contribution is 2.32. The summed E-state index contributed by atoms with van der Waals surface area (Å²) in [7, 11) is 1.18. The number of nitrogens with one attached hydrogen (secondary N) is 2. The molecule has 2 aromatic rings. The van der Waals surface area contributed by atoms with Gasteiger partial charge in [-0.2, -0.15) is 0 Å². The number of anilines is 1. The molecule has 3 amide bonds. The Hall–Kier alpha value is -3.42. The van der Waals surface area contributed by atoms with Gasteiger partial charge in [-0.05, 0) is 43.0 Å². The van der Waals surface area contributed by atoms with Crippen LogP contribution in [0, 0.1) is 12.7 Å². The average Bonchev–Trinajstić information content (AvgIpc) is 2.82. The fraction of sp³-hybridized carbons (Fsp3) is 0.400. The largest absolute Gasteiger partial charge is 0.453 e. The van der Waals surface area contributed by atoms with Crippen molar-refractivity contribution in [1.29, 1.82) is 0 Å². The molecule has 0 aliphatic heterocycles. The number of rotatable bonds is 7. The predicted molar refractivity (Wildman–Crippen MR) is 123 cm³/mol. The van der Waals surface area contributed by atoms with Crippen LogP contribution < -0.4 is 15.5 Å². The quantitative estimate of drug-likeness (QED) is 0.660. The number of methoxy groups -OCH3 is 1. The van der Waals surface area contributed by atoms with E-state index in [4.69, 9.17) is 0 Å². The van der Waals surface area contributed by atoms with E-state index in [0.29, 0.717) is 5.56 Å². The fourth-order valence-corrected chi connectivity index (χ4v) is 4.19. The van der Waals surface area contributed by atoms with Crippen LogP contribution in [-0.4, -0.2) is 37.6 Å². The third-order valence-electron chi connectivity index (χ3n) is 5.89. The highest BCUT2D eigenvalue weighted by atomic mass is 19.1. The predicted octanol–water partition coefficient (Wildman–Crippen LogP) is 4.01. The fourth-order valence-electron chi connectivity index (χ4n) is 4.19. The first-order valence-electron chi connectivity index (χ1n) is 11.2. The SMILES string of the molecule is COC(=O)NCC(=O)N(c1ccccc1F)C(C(=O)NC1CCCCC1)c1ccccc1C. The molecule has 0 saturated heterocycles. The third kappa shape index (κ3) is 6.09. The maximum Gasteiger partial charge on any atom is 0.407 e. The molecule has 8 heteroatoms. The molecule has 0 heterocycles. The first-order valence-corrected chi connectivity index (χ1v) is 11.2. The maximum absolute atomic E-state index is 14.9. The van der Waals surface area contributed by atoms with Crippen LogP contribution in [0.1, 0.15) is 49.3 Å². The van der Waals surface area contributed by atoms with Gasteiger partial charge in [-0.25, -0.2) is 9.18 Å². The van der Waals surface area contributed by atoms with Crippen LogP contribution >= 0.6 is 0 Å². The highest BCUT2D eigenvalue weighted by molar-refractivity contribution is 6.03. The van der Waals surface area contributed by atoms with Gasteiger partial charge in [0, 0.05) is 6.04 Å². The Bertz CT molecular complexity index is 991. The topological polar surface area (TPSA) is 87.7 Å². The Balaban J connectivity index is 2.05. The van der Waals surface area contributed by atoms with E-state index in [1.54, 1.807) is 18.2 Å². The summed E-state index contributed by atoms with van der Waals surface area (Å²) in [5.74, 6) is -1.67. The van der Waals surface area contributed by atoms with Crippen molar-refractivity contribution in [3.63, 3.8) is 0 Å². The second-order valence-corrected chi connectivity index (χ2v) is 8.16. The van der Waals surface area contributed by atoms with Gasteiger partial charge < -0.3 is 15.4 Å². The molecule has 1 atom stereocenters. The maximum atomic E-state index is 14.9. The number of halogens is 1. The second kappa shape index (κ2) is 11.4. The van der Waals surface area contributed by atoms with Gasteiger partial charge in [-0.3, -0.25) is 14.5 Å². The Kier molecular flexibility index (Phi) is 8.40. The zero-order valence-electron chi connectivity index (χ0n) is 19.0. The number of carbonyl (C=O) groups excluding carboxylic acids is 3. The van der Waals surface area contributed by atoms with E-state index in [1.807, 2.05) is 19.1 Å². The second-order valence-electron chi connectivity index (χ2n) is 8.16. The zero-order chi connectivity index (χ0) is 23.8. The number of aryl methyl sites for hydroxylation is 1. The van der Waals surface area contributed by atoms with Crippen LogP contribution in [0.15, 0.2) is 48.5 Å². The first-order chi connectivity index (χ1) is 15.9. The van der Waals surface area contributed by atoms with E-state index in [2.05, 4.69) is 15.4 Å². The lowest BCUT2D eigenvalue weighted by atomic mass is 9.93. The van der Waals surface area contributed by atoms with E-state index in [0.717, 1.165) is 42.6 Å². The Morgan fingerprint density at radius 1 is 1.06 bits per heavy atom. The Morgan fingerprint density at radius 2 is 1.73 bits per heavy atom.